The summed E-state index contributed by atoms with van der Waals surface area (Å²) in [5.41, 5.74) is 0.434. The Hall–Kier alpha value is -2.08. The molecule has 0 saturated carbocycles. The second-order valence-corrected chi connectivity index (χ2v) is 5.83. The average molecular weight is 303 g/mol. The molecule has 1 N–H and O–H groups in total. The van der Waals surface area contributed by atoms with E-state index in [0.717, 1.165) is 13.1 Å². The summed E-state index contributed by atoms with van der Waals surface area (Å²) in [5.74, 6) is 1.72. The lowest BCUT2D eigenvalue weighted by atomic mass is 9.99. The van der Waals surface area contributed by atoms with Gasteiger partial charge in [-0.15, -0.1) is 0 Å². The molecule has 6 heteroatoms. The summed E-state index contributed by atoms with van der Waals surface area (Å²) >= 11 is 0. The van der Waals surface area contributed by atoms with E-state index >= 15 is 0 Å². The molecule has 1 fully saturated rings. The van der Waals surface area contributed by atoms with Crippen LogP contribution < -0.4 is 15.0 Å². The Morgan fingerprint density at radius 3 is 3.05 bits per heavy atom. The number of H-pyrrole nitrogens is 1. The molecule has 1 aromatic heterocycles. The molecule has 1 aromatic carbocycles. The molecule has 2 heterocycles. The number of methoxy groups -OCH3 is 1. The van der Waals surface area contributed by atoms with Crippen molar-refractivity contribution in [2.24, 2.45) is 5.92 Å². The van der Waals surface area contributed by atoms with Gasteiger partial charge in [0.1, 0.15) is 0 Å². The number of hydrogen-bond donors (Lipinski definition) is 1. The number of hydrogen-bond acceptors (Lipinski definition) is 5. The lowest BCUT2D eigenvalue weighted by Gasteiger charge is -2.29. The van der Waals surface area contributed by atoms with Gasteiger partial charge < -0.3 is 19.4 Å². The Morgan fingerprint density at radius 1 is 1.41 bits per heavy atom. The van der Waals surface area contributed by atoms with Crippen LogP contribution in [0.5, 0.6) is 11.5 Å². The van der Waals surface area contributed by atoms with Gasteiger partial charge in [-0.1, -0.05) is 0 Å². The highest BCUT2D eigenvalue weighted by atomic mass is 16.5. The van der Waals surface area contributed by atoms with E-state index in [0.29, 0.717) is 34.9 Å². The zero-order valence-corrected chi connectivity index (χ0v) is 13.0. The number of rotatable bonds is 4. The number of fused-ring (bicyclic) bond motifs is 1. The lowest BCUT2D eigenvalue weighted by molar-refractivity contribution is 0.148. The molecule has 1 atom stereocenters. The van der Waals surface area contributed by atoms with Crippen molar-refractivity contribution in [3.05, 3.63) is 28.8 Å². The van der Waals surface area contributed by atoms with Gasteiger partial charge in [-0.3, -0.25) is 4.79 Å². The molecular formula is C16H21N3O3. The van der Waals surface area contributed by atoms with Crippen molar-refractivity contribution in [2.45, 2.75) is 12.8 Å². The zero-order chi connectivity index (χ0) is 15.5. The summed E-state index contributed by atoms with van der Waals surface area (Å²) in [7, 11) is 3.71. The van der Waals surface area contributed by atoms with Crippen LogP contribution in [0, 0.1) is 5.92 Å². The Balaban J connectivity index is 1.82. The summed E-state index contributed by atoms with van der Waals surface area (Å²) in [4.78, 5) is 20.9. The van der Waals surface area contributed by atoms with Crippen LogP contribution in [0.1, 0.15) is 12.8 Å². The Kier molecular flexibility index (Phi) is 4.29. The predicted octanol–water partition coefficient (Wildman–Crippen LogP) is 1.65. The summed E-state index contributed by atoms with van der Waals surface area (Å²) in [6.45, 7) is 2.85. The molecule has 1 aliphatic heterocycles. The maximum Gasteiger partial charge on any atom is 0.258 e. The summed E-state index contributed by atoms with van der Waals surface area (Å²) in [6.07, 6.45) is 3.78. The molecule has 0 amide bonds. The van der Waals surface area contributed by atoms with E-state index in [1.54, 1.807) is 19.2 Å². The molecule has 0 unspecified atom stereocenters. The predicted molar refractivity (Wildman–Crippen MR) is 84.6 cm³/mol. The third-order valence-electron chi connectivity index (χ3n) is 4.12. The van der Waals surface area contributed by atoms with Gasteiger partial charge in [-0.25, -0.2) is 4.98 Å². The Bertz CT molecular complexity index is 713. The van der Waals surface area contributed by atoms with E-state index < -0.39 is 0 Å². The first-order chi connectivity index (χ1) is 10.7. The molecule has 3 rings (SSSR count). The molecule has 1 saturated heterocycles. The lowest BCUT2D eigenvalue weighted by Crippen LogP contribution is -2.34. The van der Waals surface area contributed by atoms with Crippen LogP contribution in [0.4, 0.5) is 0 Å². The number of nitrogens with zero attached hydrogens (tertiary/aromatic N) is 2. The first kappa shape index (κ1) is 14.8. The number of piperidine rings is 1. The average Bonchev–Trinajstić information content (AvgIpc) is 2.52. The number of aromatic amines is 1. The number of likely N-dealkylation sites (tertiary alicyclic amines) is 1. The van der Waals surface area contributed by atoms with Crippen molar-refractivity contribution in [3.8, 4) is 11.5 Å². The summed E-state index contributed by atoms with van der Waals surface area (Å²) in [5, 5.41) is 0.504. The van der Waals surface area contributed by atoms with E-state index in [4.69, 9.17) is 9.47 Å². The van der Waals surface area contributed by atoms with Gasteiger partial charge in [0, 0.05) is 18.5 Å². The highest BCUT2D eigenvalue weighted by Gasteiger charge is 2.19. The second kappa shape index (κ2) is 6.36. The van der Waals surface area contributed by atoms with Crippen molar-refractivity contribution in [2.75, 3.05) is 33.9 Å². The van der Waals surface area contributed by atoms with E-state index in [-0.39, 0.29) is 5.56 Å². The van der Waals surface area contributed by atoms with Gasteiger partial charge in [-0.2, -0.15) is 0 Å². The smallest absolute Gasteiger partial charge is 0.258 e. The van der Waals surface area contributed by atoms with Crippen LogP contribution in [0.3, 0.4) is 0 Å². The van der Waals surface area contributed by atoms with Crippen LogP contribution in [0.25, 0.3) is 10.9 Å². The van der Waals surface area contributed by atoms with E-state index in [2.05, 4.69) is 21.9 Å². The minimum Gasteiger partial charge on any atom is -0.493 e. The first-order valence-electron chi connectivity index (χ1n) is 7.54. The van der Waals surface area contributed by atoms with Gasteiger partial charge in [0.05, 0.1) is 30.9 Å². The van der Waals surface area contributed by atoms with Crippen molar-refractivity contribution >= 4 is 10.9 Å². The third kappa shape index (κ3) is 3.06. The summed E-state index contributed by atoms with van der Waals surface area (Å²) < 4.78 is 11.3. The standard InChI is InChI=1S/C16H21N3O3/c1-19-5-3-4-11(8-19)9-22-15-7-13-12(6-14(15)21-2)16(20)18-10-17-13/h6-7,10-11H,3-5,8-9H2,1-2H3,(H,17,18,20)/t11-/m1/s1. The fourth-order valence-electron chi connectivity index (χ4n) is 2.97. The van der Waals surface area contributed by atoms with Gasteiger partial charge in [-0.05, 0) is 32.5 Å². The Morgan fingerprint density at radius 2 is 2.27 bits per heavy atom. The highest BCUT2D eigenvalue weighted by Crippen LogP contribution is 2.31. The number of aromatic nitrogens is 2. The quantitative estimate of drug-likeness (QED) is 0.930. The number of benzene rings is 1. The van der Waals surface area contributed by atoms with Gasteiger partial charge in [0.15, 0.2) is 11.5 Å². The van der Waals surface area contributed by atoms with Crippen molar-refractivity contribution in [3.63, 3.8) is 0 Å². The van der Waals surface area contributed by atoms with Gasteiger partial charge in [0.2, 0.25) is 0 Å². The van der Waals surface area contributed by atoms with Crippen molar-refractivity contribution in [1.82, 2.24) is 14.9 Å². The molecule has 0 spiro atoms. The highest BCUT2D eigenvalue weighted by molar-refractivity contribution is 5.81. The maximum atomic E-state index is 11.8. The van der Waals surface area contributed by atoms with Gasteiger partial charge >= 0.3 is 0 Å². The van der Waals surface area contributed by atoms with E-state index in [1.807, 2.05) is 0 Å². The van der Waals surface area contributed by atoms with Crippen LogP contribution in [-0.2, 0) is 0 Å². The minimum atomic E-state index is -0.177. The SMILES string of the molecule is COc1cc2c(=O)[nH]cnc2cc1OC[C@@H]1CCCN(C)C1. The largest absolute Gasteiger partial charge is 0.493 e. The fourth-order valence-corrected chi connectivity index (χ4v) is 2.97. The van der Waals surface area contributed by atoms with E-state index in [1.165, 1.54) is 19.2 Å². The van der Waals surface area contributed by atoms with Crippen LogP contribution in [-0.4, -0.2) is 48.7 Å². The third-order valence-corrected chi connectivity index (χ3v) is 4.12. The van der Waals surface area contributed by atoms with Gasteiger partial charge in [0.25, 0.3) is 5.56 Å². The minimum absolute atomic E-state index is 0.177. The van der Waals surface area contributed by atoms with Crippen LogP contribution in [0.15, 0.2) is 23.3 Å². The fraction of sp³-hybridized carbons (Fsp3) is 0.500. The molecule has 1 aliphatic rings. The maximum absolute atomic E-state index is 11.8. The Labute approximate surface area is 129 Å². The number of nitrogens with one attached hydrogen (secondary N) is 1. The van der Waals surface area contributed by atoms with E-state index in [9.17, 15) is 4.79 Å². The first-order valence-corrected chi connectivity index (χ1v) is 7.54. The zero-order valence-electron chi connectivity index (χ0n) is 13.0. The second-order valence-electron chi connectivity index (χ2n) is 5.83. The normalized spacial score (nSPS) is 19.3. The molecule has 2 aromatic rings. The van der Waals surface area contributed by atoms with Crippen LogP contribution in [0.2, 0.25) is 0 Å². The molecule has 0 radical (unpaired) electrons. The van der Waals surface area contributed by atoms with Crippen LogP contribution >= 0.6 is 0 Å². The molecule has 22 heavy (non-hydrogen) atoms. The molecular weight excluding hydrogens is 282 g/mol. The number of ether oxygens (including phenoxy) is 2. The molecule has 6 nitrogen and oxygen atoms in total. The summed E-state index contributed by atoms with van der Waals surface area (Å²) in [6, 6.07) is 3.46. The molecule has 0 bridgehead atoms. The molecule has 0 aliphatic carbocycles. The monoisotopic (exact) mass is 303 g/mol. The molecule has 118 valence electrons. The topological polar surface area (TPSA) is 67.5 Å². The van der Waals surface area contributed by atoms with Crippen molar-refractivity contribution in [1.29, 1.82) is 0 Å². The van der Waals surface area contributed by atoms with Crippen molar-refractivity contribution < 1.29 is 9.47 Å².